The number of hydrogen-bond acceptors (Lipinski definition) is 4. The third-order valence-electron chi connectivity index (χ3n) is 6.33. The van der Waals surface area contributed by atoms with E-state index in [4.69, 9.17) is 16.3 Å². The molecule has 0 aromatic heterocycles. The maximum atomic E-state index is 12.0. The molecule has 1 fully saturated rings. The van der Waals surface area contributed by atoms with E-state index in [2.05, 4.69) is 4.90 Å². The Morgan fingerprint density at radius 2 is 1.41 bits per heavy atom. The van der Waals surface area contributed by atoms with Crippen LogP contribution < -0.4 is 4.74 Å². The lowest BCUT2D eigenvalue weighted by Crippen LogP contribution is -2.46. The summed E-state index contributed by atoms with van der Waals surface area (Å²) in [5.74, 6) is 0.800. The molecule has 168 valence electrons. The first-order valence-electron chi connectivity index (χ1n) is 11.2. The first-order chi connectivity index (χ1) is 15.6. The molecular formula is C27H30ClNO3. The smallest absolute Gasteiger partial charge is 0.119 e. The van der Waals surface area contributed by atoms with Gasteiger partial charge in [-0.25, -0.2) is 0 Å². The van der Waals surface area contributed by atoms with Crippen LogP contribution in [0, 0.1) is 5.92 Å². The Labute approximate surface area is 195 Å². The summed E-state index contributed by atoms with van der Waals surface area (Å²) in [4.78, 5) is 2.25. The fraction of sp³-hybridized carbons (Fsp3) is 0.333. The van der Waals surface area contributed by atoms with Crippen molar-refractivity contribution in [2.24, 2.45) is 5.92 Å². The van der Waals surface area contributed by atoms with Gasteiger partial charge in [0.1, 0.15) is 24.1 Å². The zero-order chi connectivity index (χ0) is 22.4. The quantitative estimate of drug-likeness (QED) is 0.520. The maximum Gasteiger partial charge on any atom is 0.119 e. The molecule has 0 spiro atoms. The van der Waals surface area contributed by atoms with Crippen molar-refractivity contribution in [2.75, 3.05) is 26.2 Å². The van der Waals surface area contributed by atoms with E-state index in [1.54, 1.807) is 24.3 Å². The number of nitrogens with zero attached hydrogens (tertiary/aromatic N) is 1. The molecule has 0 saturated carbocycles. The number of aliphatic hydroxyl groups excluding tert-OH is 1. The van der Waals surface area contributed by atoms with E-state index >= 15 is 0 Å². The largest absolute Gasteiger partial charge is 0.491 e. The Morgan fingerprint density at radius 1 is 0.875 bits per heavy atom. The Hall–Kier alpha value is -2.37. The maximum absolute atomic E-state index is 12.0. The Kier molecular flexibility index (Phi) is 7.48. The number of ether oxygens (including phenoxy) is 1. The van der Waals surface area contributed by atoms with Crippen LogP contribution in [0.3, 0.4) is 0 Å². The van der Waals surface area contributed by atoms with Crippen LogP contribution in [0.1, 0.15) is 24.0 Å². The molecule has 1 saturated heterocycles. The molecule has 2 N–H and O–H groups in total. The first kappa shape index (κ1) is 22.8. The highest BCUT2D eigenvalue weighted by Gasteiger charge is 2.41. The molecule has 3 aromatic carbocycles. The molecule has 1 aliphatic rings. The van der Waals surface area contributed by atoms with E-state index in [1.165, 1.54) is 0 Å². The topological polar surface area (TPSA) is 52.9 Å². The number of rotatable bonds is 8. The monoisotopic (exact) mass is 451 g/mol. The van der Waals surface area contributed by atoms with Crippen LogP contribution in [0.25, 0.3) is 0 Å². The van der Waals surface area contributed by atoms with E-state index in [0.29, 0.717) is 17.3 Å². The number of aliphatic hydroxyl groups is 2. The average Bonchev–Trinajstić information content (AvgIpc) is 2.85. The van der Waals surface area contributed by atoms with E-state index < -0.39 is 11.7 Å². The second kappa shape index (κ2) is 10.5. The minimum Gasteiger partial charge on any atom is -0.491 e. The lowest BCUT2D eigenvalue weighted by Gasteiger charge is -2.42. The zero-order valence-electron chi connectivity index (χ0n) is 18.1. The highest BCUT2D eigenvalue weighted by molar-refractivity contribution is 6.30. The van der Waals surface area contributed by atoms with Gasteiger partial charge in [0.2, 0.25) is 0 Å². The van der Waals surface area contributed by atoms with Crippen molar-refractivity contribution in [3.05, 3.63) is 101 Å². The van der Waals surface area contributed by atoms with Crippen LogP contribution in [0.4, 0.5) is 0 Å². The third-order valence-corrected chi connectivity index (χ3v) is 6.58. The minimum absolute atomic E-state index is 0.103. The molecule has 0 unspecified atom stereocenters. The summed E-state index contributed by atoms with van der Waals surface area (Å²) in [6.45, 7) is 2.43. The van der Waals surface area contributed by atoms with Crippen LogP contribution in [0.2, 0.25) is 5.02 Å². The van der Waals surface area contributed by atoms with E-state index in [0.717, 1.165) is 37.1 Å². The summed E-state index contributed by atoms with van der Waals surface area (Å²) in [5.41, 5.74) is 0.840. The fourth-order valence-electron chi connectivity index (χ4n) is 4.63. The number of β-amino-alcohol motifs (C(OH)–C–C–N with tert-alkyl or cyclic N) is 1. The summed E-state index contributed by atoms with van der Waals surface area (Å²) in [7, 11) is 0. The summed E-state index contributed by atoms with van der Waals surface area (Å²) in [6, 6.07) is 27.1. The van der Waals surface area contributed by atoms with Crippen LogP contribution >= 0.6 is 11.6 Å². The van der Waals surface area contributed by atoms with Crippen LogP contribution in [-0.2, 0) is 5.60 Å². The molecule has 0 aliphatic carbocycles. The molecule has 5 heteroatoms. The van der Waals surface area contributed by atoms with E-state index in [-0.39, 0.29) is 12.5 Å². The van der Waals surface area contributed by atoms with Gasteiger partial charge in [-0.1, -0.05) is 72.3 Å². The highest BCUT2D eigenvalue weighted by Crippen LogP contribution is 2.41. The van der Waals surface area contributed by atoms with E-state index in [9.17, 15) is 10.2 Å². The standard InChI is InChI=1S/C27H30ClNO3/c28-24-11-13-26(14-12-24)32-20-25(30)19-29-17-15-23(16-18-29)27(31,21-7-3-1-4-8-21)22-9-5-2-6-10-22/h1-14,23,25,30-31H,15-20H2/t25-/m0/s1. The van der Waals surface area contributed by atoms with E-state index in [1.807, 2.05) is 60.7 Å². The van der Waals surface area contributed by atoms with Crippen molar-refractivity contribution < 1.29 is 14.9 Å². The van der Waals surface area contributed by atoms with Crippen LogP contribution in [0.15, 0.2) is 84.9 Å². The summed E-state index contributed by atoms with van der Waals surface area (Å²) in [5, 5.41) is 23.1. The first-order valence-corrected chi connectivity index (χ1v) is 11.6. The normalized spacial score (nSPS) is 16.6. The zero-order valence-corrected chi connectivity index (χ0v) is 18.9. The Balaban J connectivity index is 1.36. The summed E-state index contributed by atoms with van der Waals surface area (Å²) >= 11 is 5.90. The predicted molar refractivity (Wildman–Crippen MR) is 128 cm³/mol. The van der Waals surface area contributed by atoms with Crippen molar-refractivity contribution in [3.8, 4) is 5.75 Å². The molecule has 0 radical (unpaired) electrons. The van der Waals surface area contributed by atoms with Crippen LogP contribution in [0.5, 0.6) is 5.75 Å². The van der Waals surface area contributed by atoms with Crippen molar-refractivity contribution in [3.63, 3.8) is 0 Å². The molecular weight excluding hydrogens is 422 g/mol. The summed E-state index contributed by atoms with van der Waals surface area (Å²) < 4.78 is 5.68. The van der Waals surface area contributed by atoms with Gasteiger partial charge >= 0.3 is 0 Å². The lowest BCUT2D eigenvalue weighted by atomic mass is 9.72. The second-order valence-corrected chi connectivity index (χ2v) is 8.93. The van der Waals surface area contributed by atoms with Gasteiger partial charge in [-0.05, 0) is 67.2 Å². The van der Waals surface area contributed by atoms with Crippen molar-refractivity contribution in [2.45, 2.75) is 24.5 Å². The Morgan fingerprint density at radius 3 is 1.94 bits per heavy atom. The van der Waals surface area contributed by atoms with Gasteiger partial charge in [-0.2, -0.15) is 0 Å². The number of likely N-dealkylation sites (tertiary alicyclic amines) is 1. The van der Waals surface area contributed by atoms with Gasteiger partial charge < -0.3 is 19.8 Å². The molecule has 1 heterocycles. The molecule has 3 aromatic rings. The van der Waals surface area contributed by atoms with Crippen molar-refractivity contribution in [1.82, 2.24) is 4.90 Å². The summed E-state index contributed by atoms with van der Waals surface area (Å²) in [6.07, 6.45) is 1.13. The number of benzene rings is 3. The lowest BCUT2D eigenvalue weighted by molar-refractivity contribution is -0.0222. The molecule has 32 heavy (non-hydrogen) atoms. The predicted octanol–water partition coefficient (Wildman–Crippen LogP) is 4.73. The van der Waals surface area contributed by atoms with Gasteiger partial charge in [0, 0.05) is 11.6 Å². The van der Waals surface area contributed by atoms with Gasteiger partial charge in [0.05, 0.1) is 0 Å². The third kappa shape index (κ3) is 5.33. The van der Waals surface area contributed by atoms with Gasteiger partial charge in [-0.15, -0.1) is 0 Å². The van der Waals surface area contributed by atoms with Crippen molar-refractivity contribution in [1.29, 1.82) is 0 Å². The molecule has 0 bridgehead atoms. The number of hydrogen-bond donors (Lipinski definition) is 2. The number of halogens is 1. The fourth-order valence-corrected chi connectivity index (χ4v) is 4.76. The molecule has 0 amide bonds. The average molecular weight is 452 g/mol. The van der Waals surface area contributed by atoms with Crippen LogP contribution in [-0.4, -0.2) is 47.5 Å². The van der Waals surface area contributed by atoms with Gasteiger partial charge in [0.25, 0.3) is 0 Å². The van der Waals surface area contributed by atoms with Gasteiger partial charge in [-0.3, -0.25) is 0 Å². The highest BCUT2D eigenvalue weighted by atomic mass is 35.5. The Bertz CT molecular complexity index is 918. The SMILES string of the molecule is O[C@H](COc1ccc(Cl)cc1)CN1CCC(C(O)(c2ccccc2)c2ccccc2)CC1. The molecule has 4 nitrogen and oxygen atoms in total. The molecule has 4 rings (SSSR count). The van der Waals surface area contributed by atoms with Crippen molar-refractivity contribution >= 4 is 11.6 Å². The second-order valence-electron chi connectivity index (χ2n) is 8.49. The number of piperidine rings is 1. The molecule has 1 aliphatic heterocycles. The minimum atomic E-state index is -1.02. The van der Waals surface area contributed by atoms with Gasteiger partial charge in [0.15, 0.2) is 0 Å². The molecule has 1 atom stereocenters.